The minimum atomic E-state index is -0.386. The second-order valence-corrected chi connectivity index (χ2v) is 12.1. The number of aliphatic hydroxyl groups excluding tert-OH is 1. The Labute approximate surface area is 241 Å². The van der Waals surface area contributed by atoms with E-state index in [-0.39, 0.29) is 48.5 Å². The highest BCUT2D eigenvalue weighted by Crippen LogP contribution is 2.30. The number of hydrogen-bond acceptors (Lipinski definition) is 6. The Hall–Kier alpha value is -2.16. The highest BCUT2D eigenvalue weighted by atomic mass is 16.5. The maximum atomic E-state index is 14.2. The minimum Gasteiger partial charge on any atom is -0.490 e. The van der Waals surface area contributed by atoms with E-state index in [9.17, 15) is 14.7 Å². The monoisotopic (exact) mass is 559 g/mol. The van der Waals surface area contributed by atoms with Gasteiger partial charge in [0.15, 0.2) is 0 Å². The Morgan fingerprint density at radius 3 is 2.58 bits per heavy atom. The standard InChI is InChI=1S/C32H53N3O5/c1-6-17-34(5)21-30-23(2)20-35(24(3)22-36)32(38)28-19-27(33-31(37)26-13-8-7-9-14-26)15-16-29(28)40-25(4)12-10-11-18-39-30/h15-16,19,23-26,30,36H,6-14,17-18,20-22H2,1-5H3,(H,33,37)/t23-,24-,25-,30-/m1/s1. The lowest BCUT2D eigenvalue weighted by atomic mass is 9.88. The molecule has 0 unspecified atom stereocenters. The van der Waals surface area contributed by atoms with Gasteiger partial charge in [-0.2, -0.15) is 0 Å². The Balaban J connectivity index is 1.92. The molecule has 0 bridgehead atoms. The van der Waals surface area contributed by atoms with Gasteiger partial charge in [-0.15, -0.1) is 0 Å². The van der Waals surface area contributed by atoms with Crippen molar-refractivity contribution in [2.24, 2.45) is 11.8 Å². The van der Waals surface area contributed by atoms with Gasteiger partial charge in [0.2, 0.25) is 5.91 Å². The predicted molar refractivity (Wildman–Crippen MR) is 160 cm³/mol. The fourth-order valence-corrected chi connectivity index (χ4v) is 5.85. The summed E-state index contributed by atoms with van der Waals surface area (Å²) in [5, 5.41) is 13.2. The molecule has 2 N–H and O–H groups in total. The van der Waals surface area contributed by atoms with Gasteiger partial charge in [-0.1, -0.05) is 33.1 Å². The number of benzene rings is 1. The molecule has 1 aromatic rings. The zero-order valence-corrected chi connectivity index (χ0v) is 25.5. The zero-order valence-electron chi connectivity index (χ0n) is 25.5. The summed E-state index contributed by atoms with van der Waals surface area (Å²) in [6.07, 6.45) is 8.89. The third kappa shape index (κ3) is 9.45. The summed E-state index contributed by atoms with van der Waals surface area (Å²) in [5.74, 6) is 0.403. The van der Waals surface area contributed by atoms with E-state index in [4.69, 9.17) is 9.47 Å². The average Bonchev–Trinajstić information content (AvgIpc) is 2.95. The van der Waals surface area contributed by atoms with Crippen LogP contribution < -0.4 is 10.1 Å². The number of likely N-dealkylation sites (N-methyl/N-ethyl adjacent to an activating group) is 1. The first kappa shape index (κ1) is 32.4. The summed E-state index contributed by atoms with van der Waals surface area (Å²) in [5.41, 5.74) is 1.02. The van der Waals surface area contributed by atoms with Crippen molar-refractivity contribution in [3.05, 3.63) is 23.8 Å². The van der Waals surface area contributed by atoms with E-state index in [0.29, 0.717) is 30.2 Å². The van der Waals surface area contributed by atoms with Crippen LogP contribution in [0.1, 0.15) is 95.8 Å². The number of nitrogens with zero attached hydrogens (tertiary/aromatic N) is 2. The molecule has 2 aliphatic rings. The third-order valence-electron chi connectivity index (χ3n) is 8.39. The largest absolute Gasteiger partial charge is 0.490 e. The van der Waals surface area contributed by atoms with Crippen LogP contribution in [0, 0.1) is 11.8 Å². The van der Waals surface area contributed by atoms with E-state index in [0.717, 1.165) is 64.5 Å². The number of amides is 2. The van der Waals surface area contributed by atoms with Crippen LogP contribution >= 0.6 is 0 Å². The topological polar surface area (TPSA) is 91.3 Å². The number of rotatable bonds is 8. The molecule has 0 radical (unpaired) electrons. The van der Waals surface area contributed by atoms with Gasteiger partial charge in [-0.25, -0.2) is 0 Å². The molecule has 1 aliphatic carbocycles. The van der Waals surface area contributed by atoms with Gasteiger partial charge in [0.05, 0.1) is 30.4 Å². The van der Waals surface area contributed by atoms with Crippen molar-refractivity contribution in [3.8, 4) is 5.75 Å². The minimum absolute atomic E-state index is 0.0175. The fourth-order valence-electron chi connectivity index (χ4n) is 5.85. The van der Waals surface area contributed by atoms with Crippen LogP contribution in [0.3, 0.4) is 0 Å². The first-order valence-electron chi connectivity index (χ1n) is 15.6. The van der Waals surface area contributed by atoms with E-state index >= 15 is 0 Å². The van der Waals surface area contributed by atoms with E-state index < -0.39 is 0 Å². The lowest BCUT2D eigenvalue weighted by molar-refractivity contribution is -0.120. The van der Waals surface area contributed by atoms with Crippen molar-refractivity contribution < 1.29 is 24.2 Å². The number of aliphatic hydroxyl groups is 1. The molecule has 0 aromatic heterocycles. The molecular formula is C32H53N3O5. The molecule has 1 saturated carbocycles. The van der Waals surface area contributed by atoms with Crippen LogP contribution in [-0.4, -0.2) is 84.9 Å². The van der Waals surface area contributed by atoms with Crippen LogP contribution in [0.5, 0.6) is 5.75 Å². The molecule has 8 heteroatoms. The Morgan fingerprint density at radius 2 is 1.88 bits per heavy atom. The molecule has 0 spiro atoms. The highest BCUT2D eigenvalue weighted by molar-refractivity contribution is 6.00. The van der Waals surface area contributed by atoms with E-state index in [1.54, 1.807) is 11.0 Å². The Kier molecular flexibility index (Phi) is 13.2. The van der Waals surface area contributed by atoms with Crippen molar-refractivity contribution in [2.45, 2.75) is 104 Å². The SMILES string of the molecule is CCCN(C)C[C@H]1OCCCC[C@@H](C)Oc2ccc(NC(=O)C3CCCCC3)cc2C(=O)N([C@H](C)CO)C[C@H]1C. The van der Waals surface area contributed by atoms with Crippen molar-refractivity contribution in [2.75, 3.05) is 45.2 Å². The second kappa shape index (κ2) is 16.3. The first-order valence-corrected chi connectivity index (χ1v) is 15.6. The van der Waals surface area contributed by atoms with Gasteiger partial charge in [-0.3, -0.25) is 9.59 Å². The number of anilines is 1. The number of fused-ring (bicyclic) bond motifs is 1. The van der Waals surface area contributed by atoms with Crippen LogP contribution in [0.2, 0.25) is 0 Å². The Bertz CT molecular complexity index is 935. The number of nitrogens with one attached hydrogen (secondary N) is 1. The smallest absolute Gasteiger partial charge is 0.258 e. The number of ether oxygens (including phenoxy) is 2. The van der Waals surface area contributed by atoms with Gasteiger partial charge < -0.3 is 29.7 Å². The number of carbonyl (C=O) groups is 2. The first-order chi connectivity index (χ1) is 19.2. The summed E-state index contributed by atoms with van der Waals surface area (Å²) < 4.78 is 12.7. The summed E-state index contributed by atoms with van der Waals surface area (Å²) in [7, 11) is 2.11. The zero-order chi connectivity index (χ0) is 29.1. The van der Waals surface area contributed by atoms with Crippen LogP contribution in [0.25, 0.3) is 0 Å². The van der Waals surface area contributed by atoms with Gasteiger partial charge in [0.25, 0.3) is 5.91 Å². The highest BCUT2D eigenvalue weighted by Gasteiger charge is 2.30. The molecule has 226 valence electrons. The van der Waals surface area contributed by atoms with Gasteiger partial charge >= 0.3 is 0 Å². The van der Waals surface area contributed by atoms with Crippen molar-refractivity contribution in [3.63, 3.8) is 0 Å². The van der Waals surface area contributed by atoms with Gasteiger partial charge in [0, 0.05) is 37.2 Å². The molecule has 1 fully saturated rings. The third-order valence-corrected chi connectivity index (χ3v) is 8.39. The van der Waals surface area contributed by atoms with Crippen molar-refractivity contribution >= 4 is 17.5 Å². The maximum absolute atomic E-state index is 14.2. The molecule has 8 nitrogen and oxygen atoms in total. The normalized spacial score (nSPS) is 24.6. The maximum Gasteiger partial charge on any atom is 0.258 e. The molecule has 0 saturated heterocycles. The molecular weight excluding hydrogens is 506 g/mol. The van der Waals surface area contributed by atoms with Crippen molar-refractivity contribution in [1.82, 2.24) is 9.80 Å². The molecule has 1 aromatic carbocycles. The molecule has 3 rings (SSSR count). The molecule has 2 amide bonds. The molecule has 4 atom stereocenters. The Morgan fingerprint density at radius 1 is 1.15 bits per heavy atom. The van der Waals surface area contributed by atoms with Crippen LogP contribution in [0.4, 0.5) is 5.69 Å². The van der Waals surface area contributed by atoms with Crippen LogP contribution in [-0.2, 0) is 9.53 Å². The summed E-state index contributed by atoms with van der Waals surface area (Å²) in [6, 6.07) is 5.01. The molecule has 1 aliphatic heterocycles. The summed E-state index contributed by atoms with van der Waals surface area (Å²) in [4.78, 5) is 31.2. The number of carbonyl (C=O) groups excluding carboxylic acids is 2. The average molecular weight is 560 g/mol. The van der Waals surface area contributed by atoms with E-state index in [1.807, 2.05) is 26.0 Å². The fraction of sp³-hybridized carbons (Fsp3) is 0.750. The number of hydrogen-bond donors (Lipinski definition) is 2. The van der Waals surface area contributed by atoms with Crippen molar-refractivity contribution in [1.29, 1.82) is 0 Å². The lowest BCUT2D eigenvalue weighted by Crippen LogP contribution is -2.47. The van der Waals surface area contributed by atoms with E-state index in [2.05, 4.69) is 31.1 Å². The molecule has 1 heterocycles. The summed E-state index contributed by atoms with van der Waals surface area (Å²) >= 11 is 0. The second-order valence-electron chi connectivity index (χ2n) is 12.1. The van der Waals surface area contributed by atoms with E-state index in [1.165, 1.54) is 6.42 Å². The predicted octanol–water partition coefficient (Wildman–Crippen LogP) is 5.34. The van der Waals surface area contributed by atoms with Crippen LogP contribution in [0.15, 0.2) is 18.2 Å². The summed E-state index contributed by atoms with van der Waals surface area (Å²) in [6.45, 7) is 10.9. The van der Waals surface area contributed by atoms with Gasteiger partial charge in [0.1, 0.15) is 5.75 Å². The lowest BCUT2D eigenvalue weighted by Gasteiger charge is -2.36. The quantitative estimate of drug-likeness (QED) is 0.447. The molecule has 40 heavy (non-hydrogen) atoms. The van der Waals surface area contributed by atoms with Gasteiger partial charge in [-0.05, 0) is 84.2 Å².